The number of aliphatic hydroxyl groups is 1. The fourth-order valence-electron chi connectivity index (χ4n) is 2.93. The summed E-state index contributed by atoms with van der Waals surface area (Å²) >= 11 is 0. The first-order valence-corrected chi connectivity index (χ1v) is 5.07. The van der Waals surface area contributed by atoms with E-state index in [-0.39, 0.29) is 12.0 Å². The van der Waals surface area contributed by atoms with Crippen LogP contribution in [0.15, 0.2) is 0 Å². The van der Waals surface area contributed by atoms with Crippen LogP contribution in [0.1, 0.15) is 32.1 Å². The highest BCUT2D eigenvalue weighted by Crippen LogP contribution is 2.45. The van der Waals surface area contributed by atoms with Gasteiger partial charge >= 0.3 is 5.97 Å². The molecule has 0 saturated heterocycles. The second-order valence-corrected chi connectivity index (χ2v) is 4.49. The van der Waals surface area contributed by atoms with Crippen molar-refractivity contribution >= 4 is 5.97 Å². The predicted molar refractivity (Wildman–Crippen MR) is 47.2 cm³/mol. The zero-order chi connectivity index (χ0) is 9.42. The van der Waals surface area contributed by atoms with E-state index in [1.807, 2.05) is 0 Å². The minimum atomic E-state index is -0.649. The zero-order valence-corrected chi connectivity index (χ0v) is 7.65. The third-order valence-electron chi connectivity index (χ3n) is 3.64. The highest BCUT2D eigenvalue weighted by Gasteiger charge is 2.40. The standard InChI is InChI=1S/C10H16O3/c11-9-2-1-6-3-8(10(12)13)4-7(6)5-9/h6-9,11H,1-5H2,(H,12,13)/t6-,7+,8+,9+/m0/s1. The maximum atomic E-state index is 10.8. The number of aliphatic carboxylic acids is 1. The van der Waals surface area contributed by atoms with Gasteiger partial charge in [0.1, 0.15) is 0 Å². The Labute approximate surface area is 77.8 Å². The molecule has 0 bridgehead atoms. The molecule has 0 aromatic rings. The van der Waals surface area contributed by atoms with Gasteiger partial charge in [-0.05, 0) is 43.9 Å². The van der Waals surface area contributed by atoms with E-state index in [2.05, 4.69) is 0 Å². The number of carboxylic acid groups (broad SMARTS) is 1. The van der Waals surface area contributed by atoms with E-state index in [0.29, 0.717) is 11.8 Å². The number of carboxylic acids is 1. The second-order valence-electron chi connectivity index (χ2n) is 4.49. The van der Waals surface area contributed by atoms with Crippen LogP contribution in [0.4, 0.5) is 0 Å². The third kappa shape index (κ3) is 1.70. The van der Waals surface area contributed by atoms with Crippen LogP contribution in [0.3, 0.4) is 0 Å². The average Bonchev–Trinajstić information content (AvgIpc) is 2.46. The summed E-state index contributed by atoms with van der Waals surface area (Å²) < 4.78 is 0. The average molecular weight is 184 g/mol. The molecule has 74 valence electrons. The predicted octanol–water partition coefficient (Wildman–Crippen LogP) is 1.26. The Bertz CT molecular complexity index is 214. The molecule has 0 aromatic heterocycles. The van der Waals surface area contributed by atoms with Gasteiger partial charge in [0, 0.05) is 0 Å². The highest BCUT2D eigenvalue weighted by molar-refractivity contribution is 5.70. The summed E-state index contributed by atoms with van der Waals surface area (Å²) in [4.78, 5) is 10.8. The Morgan fingerprint density at radius 3 is 2.46 bits per heavy atom. The minimum Gasteiger partial charge on any atom is -0.481 e. The number of fused-ring (bicyclic) bond motifs is 1. The number of carbonyl (C=O) groups is 1. The molecule has 0 spiro atoms. The fraction of sp³-hybridized carbons (Fsp3) is 0.900. The lowest BCUT2D eigenvalue weighted by atomic mass is 9.80. The summed E-state index contributed by atoms with van der Waals surface area (Å²) in [6.07, 6.45) is 4.18. The molecule has 0 unspecified atom stereocenters. The van der Waals surface area contributed by atoms with Gasteiger partial charge < -0.3 is 10.2 Å². The summed E-state index contributed by atoms with van der Waals surface area (Å²) in [5.74, 6) is 0.263. The van der Waals surface area contributed by atoms with Crippen LogP contribution in [-0.2, 0) is 4.79 Å². The largest absolute Gasteiger partial charge is 0.481 e. The third-order valence-corrected chi connectivity index (χ3v) is 3.64. The monoisotopic (exact) mass is 184 g/mol. The molecule has 2 aliphatic rings. The van der Waals surface area contributed by atoms with Crippen molar-refractivity contribution in [3.63, 3.8) is 0 Å². The lowest BCUT2D eigenvalue weighted by Gasteiger charge is -2.28. The van der Waals surface area contributed by atoms with Gasteiger partial charge in [0.05, 0.1) is 12.0 Å². The fourth-order valence-corrected chi connectivity index (χ4v) is 2.93. The molecule has 3 heteroatoms. The van der Waals surface area contributed by atoms with Crippen molar-refractivity contribution in [1.29, 1.82) is 0 Å². The molecule has 0 radical (unpaired) electrons. The van der Waals surface area contributed by atoms with Crippen molar-refractivity contribution in [3.8, 4) is 0 Å². The number of hydrogen-bond acceptors (Lipinski definition) is 2. The van der Waals surface area contributed by atoms with Crippen LogP contribution < -0.4 is 0 Å². The molecule has 4 atom stereocenters. The van der Waals surface area contributed by atoms with Gasteiger partial charge in [0.15, 0.2) is 0 Å². The van der Waals surface area contributed by atoms with Gasteiger partial charge in [0.2, 0.25) is 0 Å². The molecule has 3 nitrogen and oxygen atoms in total. The van der Waals surface area contributed by atoms with E-state index in [4.69, 9.17) is 5.11 Å². The minimum absolute atomic E-state index is 0.139. The maximum Gasteiger partial charge on any atom is 0.306 e. The van der Waals surface area contributed by atoms with Crippen molar-refractivity contribution in [3.05, 3.63) is 0 Å². The number of rotatable bonds is 1. The molecule has 2 fully saturated rings. The van der Waals surface area contributed by atoms with Gasteiger partial charge in [-0.2, -0.15) is 0 Å². The van der Waals surface area contributed by atoms with Crippen LogP contribution in [-0.4, -0.2) is 22.3 Å². The lowest BCUT2D eigenvalue weighted by Crippen LogP contribution is -2.23. The number of hydrogen-bond donors (Lipinski definition) is 2. The highest BCUT2D eigenvalue weighted by atomic mass is 16.4. The van der Waals surface area contributed by atoms with Gasteiger partial charge in [-0.1, -0.05) is 0 Å². The van der Waals surface area contributed by atoms with Crippen molar-refractivity contribution in [2.24, 2.45) is 17.8 Å². The Balaban J connectivity index is 1.98. The summed E-state index contributed by atoms with van der Waals surface area (Å²) in [6, 6.07) is 0. The van der Waals surface area contributed by atoms with Gasteiger partial charge in [-0.25, -0.2) is 0 Å². The molecule has 0 aromatic carbocycles. The molecule has 2 rings (SSSR count). The summed E-state index contributed by atoms with van der Waals surface area (Å²) in [5, 5.41) is 18.3. The first-order valence-electron chi connectivity index (χ1n) is 5.07. The van der Waals surface area contributed by atoms with E-state index >= 15 is 0 Å². The van der Waals surface area contributed by atoms with Crippen molar-refractivity contribution in [2.75, 3.05) is 0 Å². The van der Waals surface area contributed by atoms with Crippen molar-refractivity contribution in [1.82, 2.24) is 0 Å². The molecule has 2 saturated carbocycles. The van der Waals surface area contributed by atoms with Gasteiger partial charge in [0.25, 0.3) is 0 Å². The van der Waals surface area contributed by atoms with Crippen molar-refractivity contribution in [2.45, 2.75) is 38.2 Å². The van der Waals surface area contributed by atoms with Crippen LogP contribution in [0.2, 0.25) is 0 Å². The molecule has 2 aliphatic carbocycles. The Morgan fingerprint density at radius 1 is 1.08 bits per heavy atom. The molecule has 13 heavy (non-hydrogen) atoms. The SMILES string of the molecule is O=C(O)[C@@H]1C[C@@H]2CC[C@@H](O)C[C@H]2C1. The van der Waals surface area contributed by atoms with Crippen LogP contribution in [0.25, 0.3) is 0 Å². The van der Waals surface area contributed by atoms with Gasteiger partial charge in [-0.15, -0.1) is 0 Å². The second kappa shape index (κ2) is 3.29. The van der Waals surface area contributed by atoms with Gasteiger partial charge in [-0.3, -0.25) is 4.79 Å². The van der Waals surface area contributed by atoms with E-state index in [0.717, 1.165) is 32.1 Å². The zero-order valence-electron chi connectivity index (χ0n) is 7.65. The smallest absolute Gasteiger partial charge is 0.306 e. The summed E-state index contributed by atoms with van der Waals surface area (Å²) in [6.45, 7) is 0. The van der Waals surface area contributed by atoms with E-state index in [1.54, 1.807) is 0 Å². The molecule has 2 N–H and O–H groups in total. The lowest BCUT2D eigenvalue weighted by molar-refractivity contribution is -0.141. The quantitative estimate of drug-likeness (QED) is 0.645. The van der Waals surface area contributed by atoms with E-state index in [1.165, 1.54) is 0 Å². The molecular weight excluding hydrogens is 168 g/mol. The molecule has 0 amide bonds. The number of aliphatic hydroxyl groups excluding tert-OH is 1. The first kappa shape index (κ1) is 9.00. The summed E-state index contributed by atoms with van der Waals surface area (Å²) in [5.41, 5.74) is 0. The Hall–Kier alpha value is -0.570. The topological polar surface area (TPSA) is 57.5 Å². The van der Waals surface area contributed by atoms with Crippen LogP contribution in [0.5, 0.6) is 0 Å². The molecular formula is C10H16O3. The first-order chi connectivity index (χ1) is 6.16. The molecule has 0 aliphatic heterocycles. The molecule has 0 heterocycles. The van der Waals surface area contributed by atoms with E-state index < -0.39 is 5.97 Å². The Kier molecular flexibility index (Phi) is 2.28. The van der Waals surface area contributed by atoms with E-state index in [9.17, 15) is 9.90 Å². The van der Waals surface area contributed by atoms with Crippen LogP contribution >= 0.6 is 0 Å². The Morgan fingerprint density at radius 2 is 1.77 bits per heavy atom. The summed E-state index contributed by atoms with van der Waals surface area (Å²) in [7, 11) is 0. The maximum absolute atomic E-state index is 10.8. The normalized spacial score (nSPS) is 44.4. The van der Waals surface area contributed by atoms with Crippen LogP contribution in [0, 0.1) is 17.8 Å². The van der Waals surface area contributed by atoms with Crippen molar-refractivity contribution < 1.29 is 15.0 Å².